The standard InChI is InChI=1S/C24H35N5O3/c1-5-24(14-9-15-24)28(3)23(30)31-16-20-22(26-27-29(20)4)19-12-13-21(17(2)25-19)32-18-10-7-6-8-11-18/h12-13,18H,5-11,14-16H2,1-4H3. The number of nitrogens with zero attached hydrogens (tertiary/aromatic N) is 5. The molecule has 0 unspecified atom stereocenters. The van der Waals surface area contributed by atoms with E-state index >= 15 is 0 Å². The topological polar surface area (TPSA) is 82.4 Å². The van der Waals surface area contributed by atoms with Crippen LogP contribution < -0.4 is 4.74 Å². The van der Waals surface area contributed by atoms with E-state index in [4.69, 9.17) is 14.5 Å². The first kappa shape index (κ1) is 22.6. The van der Waals surface area contributed by atoms with Gasteiger partial charge in [0, 0.05) is 19.6 Å². The lowest BCUT2D eigenvalue weighted by Gasteiger charge is -2.47. The number of hydrogen-bond donors (Lipinski definition) is 0. The number of rotatable bonds is 7. The largest absolute Gasteiger partial charge is 0.489 e. The molecule has 0 N–H and O–H groups in total. The minimum Gasteiger partial charge on any atom is -0.489 e. The zero-order valence-electron chi connectivity index (χ0n) is 19.8. The van der Waals surface area contributed by atoms with E-state index in [2.05, 4.69) is 17.2 Å². The Hall–Kier alpha value is -2.64. The van der Waals surface area contributed by atoms with Crippen molar-refractivity contribution in [1.29, 1.82) is 0 Å². The first-order valence-electron chi connectivity index (χ1n) is 11.9. The molecule has 0 aromatic carbocycles. The van der Waals surface area contributed by atoms with Gasteiger partial charge in [0.1, 0.15) is 23.7 Å². The molecular weight excluding hydrogens is 406 g/mol. The summed E-state index contributed by atoms with van der Waals surface area (Å²) in [4.78, 5) is 19.2. The van der Waals surface area contributed by atoms with Gasteiger partial charge in [-0.15, -0.1) is 5.10 Å². The number of amides is 1. The normalized spacial score (nSPS) is 18.1. The van der Waals surface area contributed by atoms with Gasteiger partial charge in [-0.25, -0.2) is 14.5 Å². The van der Waals surface area contributed by atoms with Gasteiger partial charge in [-0.3, -0.25) is 0 Å². The van der Waals surface area contributed by atoms with E-state index in [0.29, 0.717) is 11.4 Å². The van der Waals surface area contributed by atoms with E-state index in [-0.39, 0.29) is 24.3 Å². The van der Waals surface area contributed by atoms with Crippen LogP contribution in [0.15, 0.2) is 12.1 Å². The predicted octanol–water partition coefficient (Wildman–Crippen LogP) is 4.80. The summed E-state index contributed by atoms with van der Waals surface area (Å²) in [6.45, 7) is 4.18. The molecule has 8 heteroatoms. The van der Waals surface area contributed by atoms with Crippen LogP contribution in [0.2, 0.25) is 0 Å². The quantitative estimate of drug-likeness (QED) is 0.614. The molecule has 2 heterocycles. The number of pyridine rings is 1. The van der Waals surface area contributed by atoms with Crippen molar-refractivity contribution >= 4 is 6.09 Å². The van der Waals surface area contributed by atoms with E-state index < -0.39 is 0 Å². The van der Waals surface area contributed by atoms with Crippen molar-refractivity contribution in [3.63, 3.8) is 0 Å². The average molecular weight is 442 g/mol. The van der Waals surface area contributed by atoms with Crippen molar-refractivity contribution in [3.05, 3.63) is 23.5 Å². The van der Waals surface area contributed by atoms with Gasteiger partial charge in [-0.1, -0.05) is 18.6 Å². The van der Waals surface area contributed by atoms with Gasteiger partial charge in [0.25, 0.3) is 0 Å². The Kier molecular flexibility index (Phi) is 6.67. The van der Waals surface area contributed by atoms with Crippen LogP contribution in [0.5, 0.6) is 5.75 Å². The molecule has 8 nitrogen and oxygen atoms in total. The van der Waals surface area contributed by atoms with Gasteiger partial charge in [-0.2, -0.15) is 0 Å². The van der Waals surface area contributed by atoms with Crippen LogP contribution in [0.4, 0.5) is 4.79 Å². The molecule has 0 atom stereocenters. The number of aryl methyl sites for hydroxylation is 2. The van der Waals surface area contributed by atoms with E-state index in [0.717, 1.165) is 55.7 Å². The lowest BCUT2D eigenvalue weighted by Crippen LogP contribution is -2.54. The summed E-state index contributed by atoms with van der Waals surface area (Å²) in [6, 6.07) is 3.87. The van der Waals surface area contributed by atoms with Gasteiger partial charge in [0.2, 0.25) is 0 Å². The summed E-state index contributed by atoms with van der Waals surface area (Å²) in [5, 5.41) is 8.44. The first-order valence-corrected chi connectivity index (χ1v) is 11.9. The Bertz CT molecular complexity index is 942. The number of ether oxygens (including phenoxy) is 2. The molecule has 4 rings (SSSR count). The van der Waals surface area contributed by atoms with Gasteiger partial charge in [0.15, 0.2) is 0 Å². The summed E-state index contributed by atoms with van der Waals surface area (Å²) in [5.41, 5.74) is 2.83. The van der Waals surface area contributed by atoms with Crippen LogP contribution in [0.1, 0.15) is 76.1 Å². The fourth-order valence-electron chi connectivity index (χ4n) is 4.84. The van der Waals surface area contributed by atoms with Gasteiger partial charge >= 0.3 is 6.09 Å². The predicted molar refractivity (Wildman–Crippen MR) is 121 cm³/mol. The summed E-state index contributed by atoms with van der Waals surface area (Å²) in [7, 11) is 3.64. The van der Waals surface area contributed by atoms with E-state index in [9.17, 15) is 4.79 Å². The highest BCUT2D eigenvalue weighted by atomic mass is 16.6. The molecule has 32 heavy (non-hydrogen) atoms. The third-order valence-corrected chi connectivity index (χ3v) is 7.33. The summed E-state index contributed by atoms with van der Waals surface area (Å²) in [6.07, 6.45) is 10.1. The molecule has 2 saturated carbocycles. The van der Waals surface area contributed by atoms with E-state index in [1.165, 1.54) is 19.3 Å². The summed E-state index contributed by atoms with van der Waals surface area (Å²) >= 11 is 0. The second kappa shape index (κ2) is 9.46. The van der Waals surface area contributed by atoms with Gasteiger partial charge < -0.3 is 14.4 Å². The molecule has 0 bridgehead atoms. The molecule has 174 valence electrons. The molecular formula is C24H35N5O3. The van der Waals surface area contributed by atoms with E-state index in [1.807, 2.05) is 26.1 Å². The Morgan fingerprint density at radius 3 is 2.59 bits per heavy atom. The molecule has 1 amide bonds. The molecule has 2 aliphatic carbocycles. The fraction of sp³-hybridized carbons (Fsp3) is 0.667. The Morgan fingerprint density at radius 2 is 1.97 bits per heavy atom. The number of carbonyl (C=O) groups excluding carboxylic acids is 1. The molecule has 0 radical (unpaired) electrons. The lowest BCUT2D eigenvalue weighted by molar-refractivity contribution is 0.0169. The molecule has 2 aromatic rings. The van der Waals surface area contributed by atoms with Crippen LogP contribution >= 0.6 is 0 Å². The first-order chi connectivity index (χ1) is 15.4. The van der Waals surface area contributed by atoms with Crippen LogP contribution in [0.25, 0.3) is 11.4 Å². The van der Waals surface area contributed by atoms with Crippen LogP contribution in [0, 0.1) is 6.92 Å². The minimum absolute atomic E-state index is 0.0581. The van der Waals surface area contributed by atoms with E-state index in [1.54, 1.807) is 16.6 Å². The molecule has 2 fully saturated rings. The zero-order valence-corrected chi connectivity index (χ0v) is 19.8. The maximum Gasteiger partial charge on any atom is 0.410 e. The van der Waals surface area contributed by atoms with Crippen molar-refractivity contribution in [3.8, 4) is 17.1 Å². The van der Waals surface area contributed by atoms with Crippen molar-refractivity contribution in [2.75, 3.05) is 7.05 Å². The number of carbonyl (C=O) groups is 1. The molecule has 0 saturated heterocycles. The lowest BCUT2D eigenvalue weighted by atomic mass is 9.74. The molecule has 0 aliphatic heterocycles. The smallest absolute Gasteiger partial charge is 0.410 e. The second-order valence-electron chi connectivity index (χ2n) is 9.21. The average Bonchev–Trinajstić information content (AvgIpc) is 3.14. The Balaban J connectivity index is 1.45. The summed E-state index contributed by atoms with van der Waals surface area (Å²) in [5.74, 6) is 0.824. The van der Waals surface area contributed by atoms with Crippen LogP contribution in [0.3, 0.4) is 0 Å². The monoisotopic (exact) mass is 441 g/mol. The van der Waals surface area contributed by atoms with Crippen molar-refractivity contribution in [2.24, 2.45) is 7.05 Å². The SMILES string of the molecule is CCC1(N(C)C(=O)OCc2c(-c3ccc(OC4CCCCC4)c(C)n3)nnn2C)CCC1. The van der Waals surface area contributed by atoms with Crippen molar-refractivity contribution in [1.82, 2.24) is 24.9 Å². The number of aromatic nitrogens is 4. The number of hydrogen-bond acceptors (Lipinski definition) is 6. The zero-order chi connectivity index (χ0) is 22.7. The maximum absolute atomic E-state index is 12.7. The Labute approximate surface area is 190 Å². The van der Waals surface area contributed by atoms with Crippen LogP contribution in [-0.2, 0) is 18.4 Å². The van der Waals surface area contributed by atoms with Crippen molar-refractivity contribution in [2.45, 2.75) is 89.9 Å². The Morgan fingerprint density at radius 1 is 1.22 bits per heavy atom. The van der Waals surface area contributed by atoms with Crippen LogP contribution in [-0.4, -0.2) is 49.7 Å². The maximum atomic E-state index is 12.7. The summed E-state index contributed by atoms with van der Waals surface area (Å²) < 4.78 is 13.5. The third-order valence-electron chi connectivity index (χ3n) is 7.33. The van der Waals surface area contributed by atoms with Crippen molar-refractivity contribution < 1.29 is 14.3 Å². The highest BCUT2D eigenvalue weighted by molar-refractivity contribution is 5.69. The molecule has 2 aromatic heterocycles. The highest BCUT2D eigenvalue weighted by Gasteiger charge is 2.42. The minimum atomic E-state index is -0.306. The highest BCUT2D eigenvalue weighted by Crippen LogP contribution is 2.40. The molecule has 0 spiro atoms. The van der Waals surface area contributed by atoms with Gasteiger partial charge in [0.05, 0.1) is 17.5 Å². The van der Waals surface area contributed by atoms with Gasteiger partial charge in [-0.05, 0) is 70.4 Å². The third kappa shape index (κ3) is 4.45. The fourth-order valence-corrected chi connectivity index (χ4v) is 4.84. The second-order valence-corrected chi connectivity index (χ2v) is 9.21. The molecule has 2 aliphatic rings.